The molecule has 0 saturated heterocycles. The first kappa shape index (κ1) is 12.3. The van der Waals surface area contributed by atoms with Crippen molar-refractivity contribution in [3.8, 4) is 11.8 Å². The van der Waals surface area contributed by atoms with Gasteiger partial charge >= 0.3 is 0 Å². The number of rotatable bonds is 4. The zero-order valence-electron chi connectivity index (χ0n) is 8.74. The van der Waals surface area contributed by atoms with Gasteiger partial charge in [-0.2, -0.15) is 5.26 Å². The number of nitrogens with zero attached hydrogens (tertiary/aromatic N) is 1. The van der Waals surface area contributed by atoms with Crippen LogP contribution in [0, 0.1) is 11.3 Å². The monoisotopic (exact) mass is 238 g/mol. The Bertz CT molecular complexity index is 415. The van der Waals surface area contributed by atoms with Crippen LogP contribution < -0.4 is 10.1 Å². The van der Waals surface area contributed by atoms with Crippen LogP contribution in [0.1, 0.15) is 6.92 Å². The van der Waals surface area contributed by atoms with Crippen molar-refractivity contribution in [1.29, 1.82) is 5.26 Å². The van der Waals surface area contributed by atoms with Crippen molar-refractivity contribution >= 4 is 17.5 Å². The lowest BCUT2D eigenvalue weighted by molar-refractivity contribution is -0.127. The van der Waals surface area contributed by atoms with Crippen LogP contribution in [-0.4, -0.2) is 18.6 Å². The van der Waals surface area contributed by atoms with E-state index in [1.54, 1.807) is 31.2 Å². The Balaban J connectivity index is 2.54. The van der Waals surface area contributed by atoms with Gasteiger partial charge in [0.1, 0.15) is 12.3 Å². The normalized spacial score (nSPS) is 11.3. The second kappa shape index (κ2) is 5.99. The predicted octanol–water partition coefficient (Wildman–Crippen LogP) is 1.75. The van der Waals surface area contributed by atoms with E-state index in [0.717, 1.165) is 0 Å². The molecule has 1 aromatic rings. The summed E-state index contributed by atoms with van der Waals surface area (Å²) in [6.07, 6.45) is -0.660. The molecule has 0 spiro atoms. The van der Waals surface area contributed by atoms with Crippen LogP contribution in [-0.2, 0) is 4.79 Å². The molecule has 16 heavy (non-hydrogen) atoms. The fourth-order valence-corrected chi connectivity index (χ4v) is 1.25. The molecule has 0 heterocycles. The third kappa shape index (κ3) is 3.79. The van der Waals surface area contributed by atoms with Crippen LogP contribution in [0.25, 0.3) is 0 Å². The van der Waals surface area contributed by atoms with Crippen molar-refractivity contribution in [2.24, 2.45) is 0 Å². The van der Waals surface area contributed by atoms with E-state index in [1.807, 2.05) is 6.07 Å². The fraction of sp³-hybridized carbons (Fsp3) is 0.273. The second-order valence-electron chi connectivity index (χ2n) is 3.09. The number of amides is 1. The zero-order chi connectivity index (χ0) is 12.0. The Labute approximate surface area is 98.8 Å². The van der Waals surface area contributed by atoms with E-state index in [0.29, 0.717) is 10.8 Å². The van der Waals surface area contributed by atoms with Gasteiger partial charge in [-0.3, -0.25) is 4.79 Å². The number of hydrogen-bond donors (Lipinski definition) is 1. The van der Waals surface area contributed by atoms with Gasteiger partial charge in [0.05, 0.1) is 6.07 Å². The molecule has 1 aromatic carbocycles. The number of carbonyl (C=O) groups excluding carboxylic acids is 1. The van der Waals surface area contributed by atoms with Crippen LogP contribution in [0.15, 0.2) is 24.3 Å². The molecular formula is C11H11ClN2O2. The lowest BCUT2D eigenvalue weighted by Gasteiger charge is -2.13. The SMILES string of the molecule is C[C@@H](Oc1cccc(Cl)c1)C(=O)NCC#N. The molecule has 84 valence electrons. The van der Waals surface area contributed by atoms with E-state index in [2.05, 4.69) is 5.32 Å². The van der Waals surface area contributed by atoms with E-state index >= 15 is 0 Å². The molecule has 1 rings (SSSR count). The van der Waals surface area contributed by atoms with Gasteiger partial charge in [0.25, 0.3) is 5.91 Å². The lowest BCUT2D eigenvalue weighted by atomic mass is 10.3. The minimum atomic E-state index is -0.660. The van der Waals surface area contributed by atoms with Crippen LogP contribution in [0.5, 0.6) is 5.75 Å². The van der Waals surface area contributed by atoms with E-state index in [4.69, 9.17) is 21.6 Å². The molecule has 1 atom stereocenters. The van der Waals surface area contributed by atoms with Gasteiger partial charge in [-0.25, -0.2) is 0 Å². The summed E-state index contributed by atoms with van der Waals surface area (Å²) in [5, 5.41) is 11.3. The number of carbonyl (C=O) groups is 1. The Morgan fingerprint density at radius 3 is 3.06 bits per heavy atom. The van der Waals surface area contributed by atoms with E-state index < -0.39 is 6.10 Å². The van der Waals surface area contributed by atoms with Crippen molar-refractivity contribution in [2.45, 2.75) is 13.0 Å². The third-order valence-corrected chi connectivity index (χ3v) is 2.05. The number of halogens is 1. The van der Waals surface area contributed by atoms with Crippen LogP contribution in [0.4, 0.5) is 0 Å². The van der Waals surface area contributed by atoms with Gasteiger partial charge < -0.3 is 10.1 Å². The number of benzene rings is 1. The Morgan fingerprint density at radius 2 is 2.44 bits per heavy atom. The Morgan fingerprint density at radius 1 is 1.69 bits per heavy atom. The topological polar surface area (TPSA) is 62.1 Å². The highest BCUT2D eigenvalue weighted by Gasteiger charge is 2.13. The molecule has 0 aliphatic rings. The molecule has 0 aliphatic carbocycles. The molecule has 4 nitrogen and oxygen atoms in total. The van der Waals surface area contributed by atoms with E-state index in [9.17, 15) is 4.79 Å². The molecule has 0 radical (unpaired) electrons. The first-order chi connectivity index (χ1) is 7.63. The molecule has 5 heteroatoms. The molecule has 0 fully saturated rings. The maximum atomic E-state index is 11.4. The molecule has 0 saturated carbocycles. The van der Waals surface area contributed by atoms with E-state index in [1.165, 1.54) is 0 Å². The summed E-state index contributed by atoms with van der Waals surface area (Å²) in [4.78, 5) is 11.4. The summed E-state index contributed by atoms with van der Waals surface area (Å²) in [7, 11) is 0. The molecule has 1 amide bonds. The van der Waals surface area contributed by atoms with Crippen LogP contribution in [0.3, 0.4) is 0 Å². The predicted molar refractivity (Wildman–Crippen MR) is 60.2 cm³/mol. The largest absolute Gasteiger partial charge is 0.481 e. The number of ether oxygens (including phenoxy) is 1. The van der Waals surface area contributed by atoms with Crippen molar-refractivity contribution in [1.82, 2.24) is 5.32 Å². The average Bonchev–Trinajstić information content (AvgIpc) is 2.25. The zero-order valence-corrected chi connectivity index (χ0v) is 9.49. The summed E-state index contributed by atoms with van der Waals surface area (Å²) in [5.41, 5.74) is 0. The number of hydrogen-bond acceptors (Lipinski definition) is 3. The average molecular weight is 239 g/mol. The second-order valence-corrected chi connectivity index (χ2v) is 3.53. The number of nitrogens with one attached hydrogen (secondary N) is 1. The quantitative estimate of drug-likeness (QED) is 0.813. The van der Waals surface area contributed by atoms with Gasteiger partial charge in [0.15, 0.2) is 6.10 Å². The lowest BCUT2D eigenvalue weighted by Crippen LogP contribution is -2.36. The standard InChI is InChI=1S/C11H11ClN2O2/c1-8(11(15)14-6-5-13)16-10-4-2-3-9(12)7-10/h2-4,7-8H,6H2,1H3,(H,14,15)/t8-/m1/s1. The van der Waals surface area contributed by atoms with E-state index in [-0.39, 0.29) is 12.5 Å². The van der Waals surface area contributed by atoms with Gasteiger partial charge in [0, 0.05) is 5.02 Å². The molecule has 0 bridgehead atoms. The maximum absolute atomic E-state index is 11.4. The Hall–Kier alpha value is -1.73. The highest BCUT2D eigenvalue weighted by Crippen LogP contribution is 2.18. The van der Waals surface area contributed by atoms with Crippen LogP contribution >= 0.6 is 11.6 Å². The Kier molecular flexibility index (Phi) is 4.62. The highest BCUT2D eigenvalue weighted by molar-refractivity contribution is 6.30. The molecule has 0 aromatic heterocycles. The van der Waals surface area contributed by atoms with Crippen molar-refractivity contribution in [3.63, 3.8) is 0 Å². The number of nitriles is 1. The highest BCUT2D eigenvalue weighted by atomic mass is 35.5. The van der Waals surface area contributed by atoms with Crippen molar-refractivity contribution < 1.29 is 9.53 Å². The molecule has 0 aliphatic heterocycles. The summed E-state index contributed by atoms with van der Waals surface area (Å²) >= 11 is 5.77. The third-order valence-electron chi connectivity index (χ3n) is 1.82. The fourth-order valence-electron chi connectivity index (χ4n) is 1.07. The summed E-state index contributed by atoms with van der Waals surface area (Å²) in [6, 6.07) is 8.60. The summed E-state index contributed by atoms with van der Waals surface area (Å²) < 4.78 is 5.35. The first-order valence-corrected chi connectivity index (χ1v) is 5.08. The first-order valence-electron chi connectivity index (χ1n) is 4.70. The minimum absolute atomic E-state index is 0.0257. The van der Waals surface area contributed by atoms with Crippen LogP contribution in [0.2, 0.25) is 5.02 Å². The van der Waals surface area contributed by atoms with Gasteiger partial charge in [-0.15, -0.1) is 0 Å². The summed E-state index contributed by atoms with van der Waals surface area (Å²) in [5.74, 6) is 0.189. The maximum Gasteiger partial charge on any atom is 0.261 e. The van der Waals surface area contributed by atoms with Gasteiger partial charge in [0.2, 0.25) is 0 Å². The molecule has 0 unspecified atom stereocenters. The van der Waals surface area contributed by atoms with Gasteiger partial charge in [-0.1, -0.05) is 17.7 Å². The van der Waals surface area contributed by atoms with Crippen molar-refractivity contribution in [3.05, 3.63) is 29.3 Å². The smallest absolute Gasteiger partial charge is 0.261 e. The van der Waals surface area contributed by atoms with Crippen molar-refractivity contribution in [2.75, 3.05) is 6.54 Å². The summed E-state index contributed by atoms with van der Waals surface area (Å²) in [6.45, 7) is 1.58. The molecule has 1 N–H and O–H groups in total. The minimum Gasteiger partial charge on any atom is -0.481 e. The van der Waals surface area contributed by atoms with Gasteiger partial charge in [-0.05, 0) is 25.1 Å². The molecular weight excluding hydrogens is 228 g/mol.